The predicted molar refractivity (Wildman–Crippen MR) is 85.9 cm³/mol. The average Bonchev–Trinajstić information content (AvgIpc) is 3.06. The molecular weight excluding hydrogens is 290 g/mol. The number of rotatable bonds is 2. The summed E-state index contributed by atoms with van der Waals surface area (Å²) in [7, 11) is 0. The zero-order valence-corrected chi connectivity index (χ0v) is 12.1. The molecule has 2 aromatic carbocycles. The van der Waals surface area contributed by atoms with E-state index in [9.17, 15) is 9.59 Å². The molecule has 4 rings (SSSR count). The molecule has 0 radical (unpaired) electrons. The Bertz CT molecular complexity index is 883. The Morgan fingerprint density at radius 3 is 1.96 bits per heavy atom. The Morgan fingerprint density at radius 2 is 1.35 bits per heavy atom. The lowest BCUT2D eigenvalue weighted by Gasteiger charge is -2.15. The second-order valence-electron chi connectivity index (χ2n) is 5.33. The summed E-state index contributed by atoms with van der Waals surface area (Å²) in [4.78, 5) is 25.1. The van der Waals surface area contributed by atoms with Crippen molar-refractivity contribution in [2.24, 2.45) is 5.84 Å². The van der Waals surface area contributed by atoms with Crippen molar-refractivity contribution in [2.45, 2.75) is 0 Å². The molecule has 2 amide bonds. The molecule has 2 aromatic rings. The summed E-state index contributed by atoms with van der Waals surface area (Å²) in [5.74, 6) is 5.27. The van der Waals surface area contributed by atoms with Gasteiger partial charge in [-0.1, -0.05) is 60.7 Å². The van der Waals surface area contributed by atoms with Crippen LogP contribution in [0.2, 0.25) is 0 Å². The molecule has 2 aliphatic heterocycles. The summed E-state index contributed by atoms with van der Waals surface area (Å²) in [5, 5.41) is 3.86. The van der Waals surface area contributed by atoms with E-state index in [-0.39, 0.29) is 11.8 Å². The first-order valence-electron chi connectivity index (χ1n) is 7.19. The van der Waals surface area contributed by atoms with Crippen molar-refractivity contribution in [3.05, 3.63) is 82.9 Å². The summed E-state index contributed by atoms with van der Waals surface area (Å²) in [6.45, 7) is 0. The van der Waals surface area contributed by atoms with Gasteiger partial charge in [0.05, 0.1) is 22.5 Å². The highest BCUT2D eigenvalue weighted by Crippen LogP contribution is 2.40. The second kappa shape index (κ2) is 4.93. The molecule has 2 aliphatic rings. The predicted octanol–water partition coefficient (Wildman–Crippen LogP) is 1.65. The van der Waals surface area contributed by atoms with E-state index < -0.39 is 0 Å². The van der Waals surface area contributed by atoms with Crippen LogP contribution in [-0.2, 0) is 9.59 Å². The molecule has 2 heterocycles. The summed E-state index contributed by atoms with van der Waals surface area (Å²) in [5.41, 5.74) is 3.14. The van der Waals surface area contributed by atoms with Gasteiger partial charge >= 0.3 is 0 Å². The number of hydrogen-bond donors (Lipinski definition) is 2. The van der Waals surface area contributed by atoms with Gasteiger partial charge in [0.1, 0.15) is 0 Å². The van der Waals surface area contributed by atoms with E-state index in [0.717, 1.165) is 16.1 Å². The Kier molecular flexibility index (Phi) is 2.89. The normalized spacial score (nSPS) is 17.0. The van der Waals surface area contributed by atoms with E-state index in [1.807, 2.05) is 60.7 Å². The number of nitrogens with one attached hydrogen (secondary N) is 1. The van der Waals surface area contributed by atoms with Crippen molar-refractivity contribution in [1.82, 2.24) is 10.3 Å². The molecule has 0 aliphatic carbocycles. The number of carbonyl (C=O) groups is 2. The zero-order chi connectivity index (χ0) is 16.0. The smallest absolute Gasteiger partial charge is 0.275 e. The van der Waals surface area contributed by atoms with Crippen LogP contribution in [0.15, 0.2) is 71.8 Å². The van der Waals surface area contributed by atoms with Gasteiger partial charge in [-0.2, -0.15) is 0 Å². The van der Waals surface area contributed by atoms with Crippen LogP contribution in [0.25, 0.3) is 11.4 Å². The SMILES string of the molecule is NN1C(=O)C2=C(c3ccccc3)NC(=O)C2=C1c1ccccc1. The number of fused-ring (bicyclic) bond motifs is 1. The lowest BCUT2D eigenvalue weighted by Crippen LogP contribution is -2.33. The van der Waals surface area contributed by atoms with E-state index in [2.05, 4.69) is 5.32 Å². The fourth-order valence-corrected chi connectivity index (χ4v) is 2.96. The zero-order valence-electron chi connectivity index (χ0n) is 12.1. The average molecular weight is 303 g/mol. The van der Waals surface area contributed by atoms with E-state index in [1.54, 1.807) is 0 Å². The Balaban J connectivity index is 1.97. The molecule has 5 heteroatoms. The fraction of sp³-hybridized carbons (Fsp3) is 0. The van der Waals surface area contributed by atoms with Crippen LogP contribution in [0, 0.1) is 0 Å². The molecule has 0 saturated carbocycles. The Morgan fingerprint density at radius 1 is 0.783 bits per heavy atom. The molecular formula is C18H13N3O2. The minimum atomic E-state index is -0.379. The molecule has 5 nitrogen and oxygen atoms in total. The minimum absolute atomic E-state index is 0.306. The van der Waals surface area contributed by atoms with Crippen molar-refractivity contribution in [3.8, 4) is 0 Å². The number of hydrogen-bond acceptors (Lipinski definition) is 3. The monoisotopic (exact) mass is 303 g/mol. The number of nitrogens with two attached hydrogens (primary N) is 1. The molecule has 0 bridgehead atoms. The van der Waals surface area contributed by atoms with Gasteiger partial charge in [-0.25, -0.2) is 10.9 Å². The molecule has 23 heavy (non-hydrogen) atoms. The fourth-order valence-electron chi connectivity index (χ4n) is 2.96. The highest BCUT2D eigenvalue weighted by Gasteiger charge is 2.44. The molecule has 3 N–H and O–H groups in total. The van der Waals surface area contributed by atoms with Gasteiger partial charge < -0.3 is 5.32 Å². The van der Waals surface area contributed by atoms with Crippen molar-refractivity contribution in [1.29, 1.82) is 0 Å². The lowest BCUT2D eigenvalue weighted by molar-refractivity contribution is -0.123. The van der Waals surface area contributed by atoms with Gasteiger partial charge in [0.25, 0.3) is 11.8 Å². The van der Waals surface area contributed by atoms with Crippen LogP contribution in [-0.4, -0.2) is 16.8 Å². The van der Waals surface area contributed by atoms with Crippen molar-refractivity contribution in [3.63, 3.8) is 0 Å². The highest BCUT2D eigenvalue weighted by molar-refractivity contribution is 6.30. The van der Waals surface area contributed by atoms with Crippen molar-refractivity contribution < 1.29 is 9.59 Å². The number of amides is 2. The molecule has 0 saturated heterocycles. The largest absolute Gasteiger partial charge is 0.321 e. The maximum Gasteiger partial charge on any atom is 0.275 e. The molecule has 0 atom stereocenters. The highest BCUT2D eigenvalue weighted by atomic mass is 16.2. The maximum atomic E-state index is 12.6. The number of hydrazine groups is 1. The Hall–Kier alpha value is -3.18. The number of carbonyl (C=O) groups excluding carboxylic acids is 2. The molecule has 0 unspecified atom stereocenters. The second-order valence-corrected chi connectivity index (χ2v) is 5.33. The topological polar surface area (TPSA) is 75.4 Å². The Labute approximate surface area is 132 Å². The number of benzene rings is 2. The summed E-state index contributed by atoms with van der Waals surface area (Å²) in [6, 6.07) is 18.5. The van der Waals surface area contributed by atoms with Crippen LogP contribution in [0.5, 0.6) is 0 Å². The third kappa shape index (κ3) is 1.91. The van der Waals surface area contributed by atoms with Crippen LogP contribution in [0.3, 0.4) is 0 Å². The third-order valence-corrected chi connectivity index (χ3v) is 3.99. The van der Waals surface area contributed by atoms with Crippen LogP contribution in [0.1, 0.15) is 11.1 Å². The first-order chi connectivity index (χ1) is 11.2. The van der Waals surface area contributed by atoms with Gasteiger partial charge in [-0.3, -0.25) is 9.59 Å². The minimum Gasteiger partial charge on any atom is -0.321 e. The van der Waals surface area contributed by atoms with Gasteiger partial charge in [-0.15, -0.1) is 0 Å². The van der Waals surface area contributed by atoms with Crippen molar-refractivity contribution >= 4 is 23.2 Å². The molecule has 0 fully saturated rings. The van der Waals surface area contributed by atoms with Gasteiger partial charge in [-0.05, 0) is 5.56 Å². The summed E-state index contributed by atoms with van der Waals surface area (Å²) in [6.07, 6.45) is 0. The van der Waals surface area contributed by atoms with Crippen LogP contribution >= 0.6 is 0 Å². The van der Waals surface area contributed by atoms with Crippen LogP contribution < -0.4 is 11.2 Å². The standard InChI is InChI=1S/C18H13N3O2/c19-21-16(12-9-5-2-6-10-12)14-13(18(21)23)15(20-17(14)22)11-7-3-1-4-8-11/h1-10H,19H2,(H,20,22). The first-order valence-corrected chi connectivity index (χ1v) is 7.19. The van der Waals surface area contributed by atoms with Crippen LogP contribution in [0.4, 0.5) is 0 Å². The lowest BCUT2D eigenvalue weighted by atomic mass is 10.0. The van der Waals surface area contributed by atoms with E-state index in [0.29, 0.717) is 22.5 Å². The molecule has 0 aromatic heterocycles. The third-order valence-electron chi connectivity index (χ3n) is 3.99. The molecule has 0 spiro atoms. The van der Waals surface area contributed by atoms with E-state index in [4.69, 9.17) is 5.84 Å². The van der Waals surface area contributed by atoms with E-state index >= 15 is 0 Å². The van der Waals surface area contributed by atoms with Gasteiger partial charge in [0.2, 0.25) is 0 Å². The van der Waals surface area contributed by atoms with Gasteiger partial charge in [0.15, 0.2) is 0 Å². The first kappa shape index (κ1) is 13.5. The molecule has 112 valence electrons. The summed E-state index contributed by atoms with van der Waals surface area (Å²) >= 11 is 0. The van der Waals surface area contributed by atoms with Gasteiger partial charge in [0, 0.05) is 5.56 Å². The quantitative estimate of drug-likeness (QED) is 0.654. The van der Waals surface area contributed by atoms with E-state index in [1.165, 1.54) is 0 Å². The van der Waals surface area contributed by atoms with Crippen molar-refractivity contribution in [2.75, 3.05) is 0 Å². The number of nitrogens with zero attached hydrogens (tertiary/aromatic N) is 1. The summed E-state index contributed by atoms with van der Waals surface area (Å²) < 4.78 is 0. The maximum absolute atomic E-state index is 12.6.